The van der Waals surface area contributed by atoms with Gasteiger partial charge in [0.25, 0.3) is 5.91 Å². The monoisotopic (exact) mass is 474 g/mol. The van der Waals surface area contributed by atoms with E-state index in [1.807, 2.05) is 0 Å². The van der Waals surface area contributed by atoms with Gasteiger partial charge in [-0.3, -0.25) is 24.6 Å². The molecule has 178 valence electrons. The average molecular weight is 475 g/mol. The summed E-state index contributed by atoms with van der Waals surface area (Å²) in [6, 6.07) is 5.10. The molecule has 0 radical (unpaired) electrons. The number of ether oxygens (including phenoxy) is 2. The van der Waals surface area contributed by atoms with Crippen molar-refractivity contribution in [2.75, 3.05) is 26.3 Å². The number of piperidine rings is 1. The van der Waals surface area contributed by atoms with Gasteiger partial charge in [0.05, 0.1) is 21.1 Å². The second kappa shape index (κ2) is 9.52. The lowest BCUT2D eigenvalue weighted by molar-refractivity contribution is -0.136. The van der Waals surface area contributed by atoms with Crippen LogP contribution < -0.4 is 10.1 Å². The van der Waals surface area contributed by atoms with E-state index in [0.29, 0.717) is 31.2 Å². The molecular weight excluding hydrogens is 441 g/mol. The number of nitrogens with one attached hydrogen (secondary N) is 1. The van der Waals surface area contributed by atoms with Crippen molar-refractivity contribution in [3.63, 3.8) is 0 Å². The van der Waals surface area contributed by atoms with E-state index >= 15 is 4.39 Å². The van der Waals surface area contributed by atoms with Crippen molar-refractivity contribution < 1.29 is 37.8 Å². The highest BCUT2D eigenvalue weighted by molar-refractivity contribution is 6.05. The van der Waals surface area contributed by atoms with Crippen molar-refractivity contribution in [1.82, 2.24) is 15.1 Å². The highest BCUT2D eigenvalue weighted by Gasteiger charge is 2.40. The molecule has 0 bridgehead atoms. The highest BCUT2D eigenvalue weighted by Crippen LogP contribution is 2.34. The van der Waals surface area contributed by atoms with Gasteiger partial charge < -0.3 is 14.4 Å². The minimum atomic E-state index is -3.41. The molecule has 2 aromatic rings. The summed E-state index contributed by atoms with van der Waals surface area (Å²) in [6.45, 7) is -1.28. The second-order valence-corrected chi connectivity index (χ2v) is 7.86. The Morgan fingerprint density at radius 2 is 2.06 bits per heavy atom. The zero-order chi connectivity index (χ0) is 30.0. The number of hydrogen-bond donors (Lipinski definition) is 1. The number of halogens is 1. The van der Waals surface area contributed by atoms with Gasteiger partial charge in [0.15, 0.2) is 0 Å². The van der Waals surface area contributed by atoms with E-state index in [2.05, 4.69) is 0 Å². The van der Waals surface area contributed by atoms with E-state index < -0.39 is 55.3 Å². The molecule has 3 amide bonds. The number of benzene rings is 2. The first-order chi connectivity index (χ1) is 19.1. The molecule has 2 aromatic carbocycles. The van der Waals surface area contributed by atoms with Gasteiger partial charge in [-0.2, -0.15) is 0 Å². The number of imide groups is 1. The Morgan fingerprint density at radius 1 is 1.24 bits per heavy atom. The van der Waals surface area contributed by atoms with Gasteiger partial charge in [0.1, 0.15) is 24.2 Å². The van der Waals surface area contributed by atoms with Crippen LogP contribution in [0, 0.1) is 5.82 Å². The Hall–Kier alpha value is -3.30. The zero-order valence-corrected chi connectivity index (χ0v) is 18.0. The molecule has 1 N–H and O–H groups in total. The zero-order valence-electron chi connectivity index (χ0n) is 25.0. The fourth-order valence-corrected chi connectivity index (χ4v) is 3.92. The predicted octanol–water partition coefficient (Wildman–Crippen LogP) is 2.00. The molecule has 0 spiro atoms. The van der Waals surface area contributed by atoms with Crippen LogP contribution in [0.5, 0.6) is 5.75 Å². The third-order valence-corrected chi connectivity index (χ3v) is 5.67. The summed E-state index contributed by atoms with van der Waals surface area (Å²) in [6.07, 6.45) is -6.70. The summed E-state index contributed by atoms with van der Waals surface area (Å²) in [5, 5.41) is 1.66. The van der Waals surface area contributed by atoms with Gasteiger partial charge in [0, 0.05) is 50.9 Å². The SMILES string of the molecule is [2H]C([2H])(c1ccc(COc2cccc3c2CN(C2([2H])C(=O)NC(=O)C([2H])([2H])C2([2H])[2H])C3=O)c(F)c1)N1CCOCC1. The van der Waals surface area contributed by atoms with Gasteiger partial charge in [-0.15, -0.1) is 0 Å². The Kier molecular flexibility index (Phi) is 4.36. The number of fused-ring (bicyclic) bond motifs is 1. The number of carbonyl (C=O) groups excluding carboxylic acids is 3. The van der Waals surface area contributed by atoms with Crippen LogP contribution in [-0.4, -0.2) is 59.8 Å². The third-order valence-electron chi connectivity index (χ3n) is 5.67. The van der Waals surface area contributed by atoms with E-state index in [9.17, 15) is 14.4 Å². The van der Waals surface area contributed by atoms with E-state index in [1.165, 1.54) is 30.3 Å². The largest absolute Gasteiger partial charge is 0.488 e. The molecule has 0 aromatic heterocycles. The van der Waals surface area contributed by atoms with Gasteiger partial charge in [0.2, 0.25) is 11.8 Å². The van der Waals surface area contributed by atoms with Gasteiger partial charge in [-0.05, 0) is 30.1 Å². The van der Waals surface area contributed by atoms with Crippen LogP contribution in [0.4, 0.5) is 4.39 Å². The maximum atomic E-state index is 15.0. The van der Waals surface area contributed by atoms with Gasteiger partial charge in [-0.1, -0.05) is 18.2 Å². The molecule has 3 aliphatic rings. The van der Waals surface area contributed by atoms with E-state index in [0.717, 1.165) is 6.07 Å². The summed E-state index contributed by atoms with van der Waals surface area (Å²) in [7, 11) is 0. The second-order valence-electron chi connectivity index (χ2n) is 7.86. The van der Waals surface area contributed by atoms with Crippen molar-refractivity contribution in [1.29, 1.82) is 0 Å². The number of amides is 3. The molecule has 5 rings (SSSR count). The molecule has 1 unspecified atom stereocenters. The van der Waals surface area contributed by atoms with Crippen LogP contribution in [0.25, 0.3) is 0 Å². The van der Waals surface area contributed by atoms with Crippen LogP contribution in [0.15, 0.2) is 36.4 Å². The fraction of sp³-hybridized carbons (Fsp3) is 0.400. The summed E-state index contributed by atoms with van der Waals surface area (Å²) in [5.74, 6) is -4.59. The van der Waals surface area contributed by atoms with Crippen molar-refractivity contribution in [3.05, 3.63) is 64.5 Å². The maximum absolute atomic E-state index is 15.0. The highest BCUT2D eigenvalue weighted by atomic mass is 19.1. The molecule has 3 heterocycles. The Morgan fingerprint density at radius 3 is 2.85 bits per heavy atom. The lowest BCUT2D eigenvalue weighted by Crippen LogP contribution is -2.52. The Balaban J connectivity index is 1.37. The minimum Gasteiger partial charge on any atom is -0.488 e. The quantitative estimate of drug-likeness (QED) is 0.645. The van der Waals surface area contributed by atoms with Crippen molar-refractivity contribution >= 4 is 17.7 Å². The number of carbonyl (C=O) groups is 3. The van der Waals surface area contributed by atoms with Crippen molar-refractivity contribution in [2.45, 2.75) is 38.4 Å². The van der Waals surface area contributed by atoms with Gasteiger partial charge >= 0.3 is 0 Å². The summed E-state index contributed by atoms with van der Waals surface area (Å²) in [5.41, 5.74) is 0.370. The van der Waals surface area contributed by atoms with Crippen molar-refractivity contribution in [3.8, 4) is 5.75 Å². The van der Waals surface area contributed by atoms with Crippen LogP contribution in [0.1, 0.15) is 49.4 Å². The topological polar surface area (TPSA) is 88.2 Å². The molecule has 3 aliphatic heterocycles. The molecule has 2 saturated heterocycles. The van der Waals surface area contributed by atoms with Crippen LogP contribution in [-0.2, 0) is 34.0 Å². The van der Waals surface area contributed by atoms with E-state index in [1.54, 1.807) is 10.2 Å². The van der Waals surface area contributed by atoms with Crippen LogP contribution >= 0.6 is 0 Å². The predicted molar refractivity (Wildman–Crippen MR) is 119 cm³/mol. The van der Waals surface area contributed by atoms with Crippen LogP contribution in [0.3, 0.4) is 0 Å². The molecule has 0 aliphatic carbocycles. The lowest BCUT2D eigenvalue weighted by Gasteiger charge is -2.29. The molecule has 0 saturated carbocycles. The summed E-state index contributed by atoms with van der Waals surface area (Å²) >= 11 is 0. The molecular formula is C25H26FN3O5. The Labute approximate surface area is 206 Å². The number of rotatable bonds is 6. The standard InChI is InChI=1S/C25H26FN3O5/c26-20-12-16(13-28-8-10-33-11-9-28)4-5-17(20)15-34-22-3-1-2-18-19(22)14-29(25(18)32)21-6-7-23(30)27-24(21)31/h1-5,12,21H,6-11,13-15H2,(H,27,30,31)/i6D2,7D2,13D2,21D. The third kappa shape index (κ3) is 4.53. The maximum Gasteiger partial charge on any atom is 0.255 e. The molecule has 1 atom stereocenters. The first-order valence-corrected chi connectivity index (χ1v) is 10.7. The fourth-order valence-electron chi connectivity index (χ4n) is 3.92. The number of morpholine rings is 1. The summed E-state index contributed by atoms with van der Waals surface area (Å²) in [4.78, 5) is 40.1. The molecule has 2 fully saturated rings. The van der Waals surface area contributed by atoms with Crippen LogP contribution in [0.2, 0.25) is 0 Å². The van der Waals surface area contributed by atoms with E-state index in [-0.39, 0.29) is 34.6 Å². The van der Waals surface area contributed by atoms with E-state index in [4.69, 9.17) is 19.1 Å². The number of nitrogens with zero attached hydrogens (tertiary/aromatic N) is 2. The number of hydrogen-bond acceptors (Lipinski definition) is 6. The molecule has 9 heteroatoms. The Bertz CT molecular complexity index is 1440. The molecule has 8 nitrogen and oxygen atoms in total. The first-order valence-electron chi connectivity index (χ1n) is 14.2. The normalized spacial score (nSPS) is 29.5. The first kappa shape index (κ1) is 15.6. The average Bonchev–Trinajstić information content (AvgIpc) is 3.28. The molecule has 34 heavy (non-hydrogen) atoms. The van der Waals surface area contributed by atoms with Crippen molar-refractivity contribution in [2.24, 2.45) is 0 Å². The lowest BCUT2D eigenvalue weighted by atomic mass is 10.0. The minimum absolute atomic E-state index is 0.0234. The smallest absolute Gasteiger partial charge is 0.255 e. The summed E-state index contributed by atoms with van der Waals surface area (Å²) < 4.78 is 83.9. The van der Waals surface area contributed by atoms with Gasteiger partial charge in [-0.25, -0.2) is 4.39 Å².